The Morgan fingerprint density at radius 3 is 2.82 bits per heavy atom. The van der Waals surface area contributed by atoms with Crippen molar-refractivity contribution in [3.8, 4) is 0 Å². The maximum Gasteiger partial charge on any atom is 0.263 e. The standard InChI is InChI=1S/C14H17N5OS2/c1-14(2)5-7-8(6-17(14)3)22-11-9(7)10(20)18(4)12-15-16-13(21)19(11)12/h5-6H2,1-4H3,(H,16,21). The zero-order valence-electron chi connectivity index (χ0n) is 12.9. The molecular weight excluding hydrogens is 318 g/mol. The number of aryl methyl sites for hydroxylation is 1. The van der Waals surface area contributed by atoms with Gasteiger partial charge in [0.05, 0.1) is 5.39 Å². The molecule has 0 aliphatic carbocycles. The van der Waals surface area contributed by atoms with Crippen LogP contribution in [0.15, 0.2) is 4.79 Å². The molecule has 0 bridgehead atoms. The number of nitrogens with zero attached hydrogens (tertiary/aromatic N) is 4. The van der Waals surface area contributed by atoms with Crippen LogP contribution >= 0.6 is 23.6 Å². The van der Waals surface area contributed by atoms with Crippen LogP contribution in [-0.4, -0.2) is 36.7 Å². The van der Waals surface area contributed by atoms with Crippen LogP contribution in [0.5, 0.6) is 0 Å². The molecule has 4 heterocycles. The maximum absolute atomic E-state index is 12.8. The third-order valence-electron chi connectivity index (χ3n) is 4.77. The number of H-pyrrole nitrogens is 1. The van der Waals surface area contributed by atoms with E-state index in [0.29, 0.717) is 10.5 Å². The number of hydrogen-bond donors (Lipinski definition) is 1. The molecule has 0 fully saturated rings. The number of hydrogen-bond acceptors (Lipinski definition) is 5. The number of likely N-dealkylation sites (N-methyl/N-ethyl adjacent to an activating group) is 1. The van der Waals surface area contributed by atoms with Crippen molar-refractivity contribution < 1.29 is 0 Å². The Labute approximate surface area is 136 Å². The molecule has 0 amide bonds. The van der Waals surface area contributed by atoms with Crippen molar-refractivity contribution in [2.24, 2.45) is 7.05 Å². The monoisotopic (exact) mass is 335 g/mol. The van der Waals surface area contributed by atoms with Gasteiger partial charge in [0.15, 0.2) is 0 Å². The first kappa shape index (κ1) is 14.1. The molecule has 116 valence electrons. The highest BCUT2D eigenvalue weighted by atomic mass is 32.1. The zero-order chi connectivity index (χ0) is 15.8. The number of fused-ring (bicyclic) bond motifs is 5. The Hall–Kier alpha value is -1.51. The lowest BCUT2D eigenvalue weighted by Crippen LogP contribution is -2.45. The van der Waals surface area contributed by atoms with E-state index in [2.05, 4.69) is 36.0 Å². The molecule has 0 radical (unpaired) electrons. The predicted octanol–water partition coefficient (Wildman–Crippen LogP) is 2.07. The zero-order valence-corrected chi connectivity index (χ0v) is 14.6. The molecule has 1 N–H and O–H groups in total. The first-order valence-electron chi connectivity index (χ1n) is 7.13. The lowest BCUT2D eigenvalue weighted by Gasteiger charge is -2.39. The van der Waals surface area contributed by atoms with Gasteiger partial charge >= 0.3 is 0 Å². The van der Waals surface area contributed by atoms with Crippen molar-refractivity contribution in [3.63, 3.8) is 0 Å². The molecule has 0 spiro atoms. The van der Waals surface area contributed by atoms with Crippen LogP contribution in [0.1, 0.15) is 24.3 Å². The smallest absolute Gasteiger partial charge is 0.263 e. The normalized spacial score (nSPS) is 18.2. The van der Waals surface area contributed by atoms with Gasteiger partial charge in [-0.05, 0) is 45.1 Å². The molecule has 0 aromatic carbocycles. The summed E-state index contributed by atoms with van der Waals surface area (Å²) >= 11 is 7.01. The molecule has 1 aliphatic rings. The van der Waals surface area contributed by atoms with Gasteiger partial charge in [0.1, 0.15) is 4.83 Å². The Kier molecular flexibility index (Phi) is 2.74. The Morgan fingerprint density at radius 2 is 2.09 bits per heavy atom. The molecule has 8 heteroatoms. The van der Waals surface area contributed by atoms with E-state index in [4.69, 9.17) is 12.2 Å². The van der Waals surface area contributed by atoms with E-state index in [0.717, 1.165) is 23.2 Å². The van der Waals surface area contributed by atoms with Crippen LogP contribution in [0.25, 0.3) is 16.0 Å². The summed E-state index contributed by atoms with van der Waals surface area (Å²) in [6.07, 6.45) is 0.866. The fourth-order valence-corrected chi connectivity index (χ4v) is 4.78. The summed E-state index contributed by atoms with van der Waals surface area (Å²) in [7, 11) is 3.88. The molecule has 22 heavy (non-hydrogen) atoms. The molecule has 3 aromatic rings. The molecule has 0 saturated heterocycles. The van der Waals surface area contributed by atoms with Gasteiger partial charge in [-0.25, -0.2) is 9.50 Å². The summed E-state index contributed by atoms with van der Waals surface area (Å²) in [6, 6.07) is 0. The van der Waals surface area contributed by atoms with Gasteiger partial charge in [-0.3, -0.25) is 14.3 Å². The summed E-state index contributed by atoms with van der Waals surface area (Å²) in [5.41, 5.74) is 1.22. The number of aromatic nitrogens is 4. The Balaban J connectivity index is 2.21. The van der Waals surface area contributed by atoms with Crippen LogP contribution < -0.4 is 5.56 Å². The quantitative estimate of drug-likeness (QED) is 0.639. The fourth-order valence-electron chi connectivity index (χ4n) is 3.14. The number of thiophene rings is 1. The van der Waals surface area contributed by atoms with E-state index in [1.165, 1.54) is 10.4 Å². The summed E-state index contributed by atoms with van der Waals surface area (Å²) < 4.78 is 3.98. The van der Waals surface area contributed by atoms with E-state index >= 15 is 0 Å². The molecule has 1 aliphatic heterocycles. The highest BCUT2D eigenvalue weighted by molar-refractivity contribution is 7.71. The predicted molar refractivity (Wildman–Crippen MR) is 90.3 cm³/mol. The van der Waals surface area contributed by atoms with Crippen molar-refractivity contribution in [3.05, 3.63) is 25.6 Å². The molecular formula is C14H17N5OS2. The van der Waals surface area contributed by atoms with Crippen LogP contribution in [0.3, 0.4) is 0 Å². The molecule has 3 aromatic heterocycles. The summed E-state index contributed by atoms with van der Waals surface area (Å²) in [5.74, 6) is 0.564. The second-order valence-electron chi connectivity index (χ2n) is 6.56. The van der Waals surface area contributed by atoms with Gasteiger partial charge in [0.25, 0.3) is 5.56 Å². The minimum absolute atomic E-state index is 0.00866. The summed E-state index contributed by atoms with van der Waals surface area (Å²) in [4.78, 5) is 17.3. The van der Waals surface area contributed by atoms with Crippen LogP contribution in [0.2, 0.25) is 0 Å². The van der Waals surface area contributed by atoms with Crippen molar-refractivity contribution >= 4 is 39.5 Å². The van der Waals surface area contributed by atoms with Crippen molar-refractivity contribution in [2.75, 3.05) is 7.05 Å². The average Bonchev–Trinajstić information content (AvgIpc) is 2.97. The van der Waals surface area contributed by atoms with Gasteiger partial charge in [0.2, 0.25) is 10.5 Å². The second-order valence-corrected chi connectivity index (χ2v) is 8.03. The third kappa shape index (κ3) is 1.65. The van der Waals surface area contributed by atoms with Crippen molar-refractivity contribution in [1.82, 2.24) is 24.1 Å². The number of rotatable bonds is 0. The fraction of sp³-hybridized carbons (Fsp3) is 0.500. The lowest BCUT2D eigenvalue weighted by molar-refractivity contribution is 0.136. The lowest BCUT2D eigenvalue weighted by atomic mass is 9.88. The van der Waals surface area contributed by atoms with Crippen molar-refractivity contribution in [1.29, 1.82) is 0 Å². The Morgan fingerprint density at radius 1 is 1.36 bits per heavy atom. The maximum atomic E-state index is 12.8. The van der Waals surface area contributed by atoms with Crippen LogP contribution in [-0.2, 0) is 20.0 Å². The van der Waals surface area contributed by atoms with Gasteiger partial charge in [-0.2, -0.15) is 0 Å². The largest absolute Gasteiger partial charge is 0.296 e. The molecule has 0 unspecified atom stereocenters. The van der Waals surface area contributed by atoms with E-state index in [9.17, 15) is 4.79 Å². The van der Waals surface area contributed by atoms with Crippen LogP contribution in [0, 0.1) is 4.77 Å². The average molecular weight is 335 g/mol. The van der Waals surface area contributed by atoms with E-state index in [1.807, 2.05) is 4.40 Å². The van der Waals surface area contributed by atoms with Gasteiger partial charge < -0.3 is 0 Å². The second kappa shape index (κ2) is 4.27. The molecule has 4 rings (SSSR count). The highest BCUT2D eigenvalue weighted by Crippen LogP contribution is 2.38. The number of nitrogens with one attached hydrogen (secondary N) is 1. The Bertz CT molecular complexity index is 1040. The highest BCUT2D eigenvalue weighted by Gasteiger charge is 2.34. The van der Waals surface area contributed by atoms with E-state index in [1.54, 1.807) is 23.0 Å². The molecule has 0 saturated carbocycles. The third-order valence-corrected chi connectivity index (χ3v) is 6.25. The number of aromatic amines is 1. The topological polar surface area (TPSA) is 58.3 Å². The first-order chi connectivity index (χ1) is 10.3. The van der Waals surface area contributed by atoms with Gasteiger partial charge in [-0.1, -0.05) is 0 Å². The molecule has 6 nitrogen and oxygen atoms in total. The summed E-state index contributed by atoms with van der Waals surface area (Å²) in [6.45, 7) is 5.29. The first-order valence-corrected chi connectivity index (χ1v) is 8.35. The summed E-state index contributed by atoms with van der Waals surface area (Å²) in [5, 5.41) is 7.78. The molecule has 0 atom stereocenters. The van der Waals surface area contributed by atoms with E-state index < -0.39 is 0 Å². The minimum Gasteiger partial charge on any atom is -0.296 e. The van der Waals surface area contributed by atoms with Crippen molar-refractivity contribution in [2.45, 2.75) is 32.4 Å². The van der Waals surface area contributed by atoms with E-state index in [-0.39, 0.29) is 11.1 Å². The van der Waals surface area contributed by atoms with Crippen LogP contribution in [0.4, 0.5) is 0 Å². The minimum atomic E-state index is 0.00866. The van der Waals surface area contributed by atoms with Gasteiger partial charge in [0, 0.05) is 24.0 Å². The van der Waals surface area contributed by atoms with Gasteiger partial charge in [-0.15, -0.1) is 16.4 Å². The SMILES string of the molecule is CN1Cc2sc3c(c2CC1(C)C)c(=O)n(C)c1n[nH]c(=S)n31.